The highest BCUT2D eigenvalue weighted by atomic mass is 19.1. The van der Waals surface area contributed by atoms with E-state index >= 15 is 0 Å². The van der Waals surface area contributed by atoms with Gasteiger partial charge < -0.3 is 0 Å². The second-order valence-corrected chi connectivity index (χ2v) is 3.70. The fourth-order valence-corrected chi connectivity index (χ4v) is 1.73. The highest BCUT2D eigenvalue weighted by Crippen LogP contribution is 2.19. The summed E-state index contributed by atoms with van der Waals surface area (Å²) in [6.07, 6.45) is 4.84. The van der Waals surface area contributed by atoms with Gasteiger partial charge in [-0.05, 0) is 36.4 Å². The third kappa shape index (κ3) is 1.86. The summed E-state index contributed by atoms with van der Waals surface area (Å²) >= 11 is 0. The highest BCUT2D eigenvalue weighted by Gasteiger charge is 2.08. The molecule has 0 saturated carbocycles. The largest absolute Gasteiger partial charge is 0.245 e. The Bertz CT molecular complexity index is 646. The van der Waals surface area contributed by atoms with Gasteiger partial charge in [0.25, 0.3) is 0 Å². The molecule has 0 spiro atoms. The Morgan fingerprint density at radius 2 is 1.78 bits per heavy atom. The summed E-state index contributed by atoms with van der Waals surface area (Å²) < 4.78 is 14.6. The highest BCUT2D eigenvalue weighted by molar-refractivity contribution is 5.56. The normalized spacial score (nSPS) is 10.5. The van der Waals surface area contributed by atoms with Crippen molar-refractivity contribution in [2.45, 2.75) is 0 Å². The fraction of sp³-hybridized carbons (Fsp3) is 0. The van der Waals surface area contributed by atoms with E-state index in [-0.39, 0.29) is 5.82 Å². The fourth-order valence-electron chi connectivity index (χ4n) is 1.73. The molecule has 5 heteroatoms. The third-order valence-electron chi connectivity index (χ3n) is 2.56. The molecule has 0 atom stereocenters. The lowest BCUT2D eigenvalue weighted by atomic mass is 10.2. The van der Waals surface area contributed by atoms with Crippen LogP contribution >= 0.6 is 0 Å². The first-order valence-electron chi connectivity index (χ1n) is 5.41. The minimum atomic E-state index is -0.269. The van der Waals surface area contributed by atoms with Crippen molar-refractivity contribution in [3.63, 3.8) is 0 Å². The first-order valence-corrected chi connectivity index (χ1v) is 5.41. The number of nitrogens with zero attached hydrogens (tertiary/aromatic N) is 4. The van der Waals surface area contributed by atoms with E-state index < -0.39 is 0 Å². The molecule has 0 amide bonds. The first-order chi connectivity index (χ1) is 8.84. The molecule has 0 bridgehead atoms. The summed E-state index contributed by atoms with van der Waals surface area (Å²) in [5.41, 5.74) is 2.39. The molecule has 0 saturated heterocycles. The molecule has 0 radical (unpaired) electrons. The van der Waals surface area contributed by atoms with Gasteiger partial charge in [0, 0.05) is 6.20 Å². The zero-order valence-electron chi connectivity index (χ0n) is 9.36. The summed E-state index contributed by atoms with van der Waals surface area (Å²) in [5.74, 6) is -0.269. The van der Waals surface area contributed by atoms with Gasteiger partial charge in [-0.3, -0.25) is 0 Å². The van der Waals surface area contributed by atoms with Gasteiger partial charge in [-0.25, -0.2) is 19.0 Å². The molecule has 3 aromatic rings. The topological polar surface area (TPSA) is 43.6 Å². The molecular weight excluding hydrogens is 231 g/mol. The smallest absolute Gasteiger partial charge is 0.123 e. The lowest BCUT2D eigenvalue weighted by Crippen LogP contribution is -1.99. The molecule has 2 aromatic heterocycles. The average molecular weight is 240 g/mol. The molecule has 0 aliphatic carbocycles. The number of hydrogen-bond acceptors (Lipinski definition) is 3. The van der Waals surface area contributed by atoms with Crippen molar-refractivity contribution >= 4 is 0 Å². The summed E-state index contributed by atoms with van der Waals surface area (Å²) in [5, 5.41) is 4.23. The van der Waals surface area contributed by atoms with Gasteiger partial charge in [-0.15, -0.1) is 0 Å². The number of halogens is 1. The van der Waals surface area contributed by atoms with Crippen LogP contribution in [0.2, 0.25) is 0 Å². The quantitative estimate of drug-likeness (QED) is 0.691. The summed E-state index contributed by atoms with van der Waals surface area (Å²) in [6, 6.07) is 9.81. The Morgan fingerprint density at radius 3 is 2.50 bits per heavy atom. The molecule has 4 nitrogen and oxygen atoms in total. The lowest BCUT2D eigenvalue weighted by molar-refractivity contribution is 0.627. The van der Waals surface area contributed by atoms with E-state index in [4.69, 9.17) is 0 Å². The van der Waals surface area contributed by atoms with E-state index in [2.05, 4.69) is 15.1 Å². The molecule has 2 heterocycles. The van der Waals surface area contributed by atoms with Crippen molar-refractivity contribution in [1.82, 2.24) is 19.7 Å². The molecule has 0 unspecified atom stereocenters. The van der Waals surface area contributed by atoms with Gasteiger partial charge in [-0.2, -0.15) is 5.10 Å². The van der Waals surface area contributed by atoms with Gasteiger partial charge in [0.2, 0.25) is 0 Å². The molecule has 0 aliphatic rings. The van der Waals surface area contributed by atoms with Crippen molar-refractivity contribution in [1.29, 1.82) is 0 Å². The predicted molar refractivity (Wildman–Crippen MR) is 64.5 cm³/mol. The summed E-state index contributed by atoms with van der Waals surface area (Å²) in [6.45, 7) is 0. The molecule has 0 fully saturated rings. The van der Waals surface area contributed by atoms with Crippen LogP contribution in [-0.4, -0.2) is 19.7 Å². The van der Waals surface area contributed by atoms with Crippen molar-refractivity contribution in [2.75, 3.05) is 0 Å². The van der Waals surface area contributed by atoms with Gasteiger partial charge in [-0.1, -0.05) is 0 Å². The van der Waals surface area contributed by atoms with Crippen molar-refractivity contribution in [3.05, 3.63) is 60.9 Å². The molecule has 3 rings (SSSR count). The van der Waals surface area contributed by atoms with Crippen LogP contribution in [0.1, 0.15) is 0 Å². The first kappa shape index (κ1) is 10.6. The Hall–Kier alpha value is -2.56. The third-order valence-corrected chi connectivity index (χ3v) is 2.56. The van der Waals surface area contributed by atoms with Crippen LogP contribution in [0.25, 0.3) is 17.1 Å². The van der Waals surface area contributed by atoms with Crippen LogP contribution in [0.5, 0.6) is 0 Å². The average Bonchev–Trinajstić information content (AvgIpc) is 2.90. The van der Waals surface area contributed by atoms with Crippen molar-refractivity contribution in [2.24, 2.45) is 0 Å². The van der Waals surface area contributed by atoms with E-state index in [0.717, 1.165) is 17.1 Å². The van der Waals surface area contributed by atoms with Crippen LogP contribution in [0.3, 0.4) is 0 Å². The van der Waals surface area contributed by atoms with Crippen LogP contribution in [-0.2, 0) is 0 Å². The van der Waals surface area contributed by atoms with Crippen molar-refractivity contribution in [3.8, 4) is 17.1 Å². The molecular formula is C13H9FN4. The van der Waals surface area contributed by atoms with Crippen LogP contribution in [0.4, 0.5) is 4.39 Å². The van der Waals surface area contributed by atoms with Gasteiger partial charge >= 0.3 is 0 Å². The van der Waals surface area contributed by atoms with Crippen LogP contribution in [0.15, 0.2) is 55.1 Å². The van der Waals surface area contributed by atoms with E-state index in [1.165, 1.54) is 18.5 Å². The van der Waals surface area contributed by atoms with Gasteiger partial charge in [0.15, 0.2) is 0 Å². The minimum absolute atomic E-state index is 0.269. The number of hydrogen-bond donors (Lipinski definition) is 0. The molecule has 18 heavy (non-hydrogen) atoms. The Balaban J connectivity index is 2.10. The molecule has 88 valence electrons. The molecule has 0 N–H and O–H groups in total. The maximum absolute atomic E-state index is 12.9. The molecule has 1 aromatic carbocycles. The van der Waals surface area contributed by atoms with Gasteiger partial charge in [0.1, 0.15) is 12.1 Å². The van der Waals surface area contributed by atoms with Gasteiger partial charge in [0.05, 0.1) is 23.3 Å². The maximum Gasteiger partial charge on any atom is 0.123 e. The van der Waals surface area contributed by atoms with Crippen LogP contribution in [0, 0.1) is 5.82 Å². The summed E-state index contributed by atoms with van der Waals surface area (Å²) in [7, 11) is 0. The Labute approximate surface area is 103 Å². The number of aromatic nitrogens is 4. The Kier molecular flexibility index (Phi) is 2.57. The van der Waals surface area contributed by atoms with E-state index in [1.54, 1.807) is 35.3 Å². The predicted octanol–water partition coefficient (Wildman–Crippen LogP) is 2.47. The summed E-state index contributed by atoms with van der Waals surface area (Å²) in [4.78, 5) is 8.06. The van der Waals surface area contributed by atoms with Crippen molar-refractivity contribution < 1.29 is 4.39 Å². The maximum atomic E-state index is 12.9. The van der Waals surface area contributed by atoms with E-state index in [1.807, 2.05) is 6.07 Å². The van der Waals surface area contributed by atoms with E-state index in [9.17, 15) is 4.39 Å². The standard InChI is InChI=1S/C13H9FN4/c14-10-1-3-11(4-2-10)18-13(6-8-17-18)12-5-7-15-9-16-12/h1-9H. The number of benzene rings is 1. The molecule has 0 aliphatic heterocycles. The lowest BCUT2D eigenvalue weighted by Gasteiger charge is -2.06. The second kappa shape index (κ2) is 4.37. The number of rotatable bonds is 2. The Morgan fingerprint density at radius 1 is 0.944 bits per heavy atom. The monoisotopic (exact) mass is 240 g/mol. The zero-order chi connectivity index (χ0) is 12.4. The van der Waals surface area contributed by atoms with Crippen LogP contribution < -0.4 is 0 Å². The zero-order valence-corrected chi connectivity index (χ0v) is 9.36. The second-order valence-electron chi connectivity index (χ2n) is 3.70. The van der Waals surface area contributed by atoms with E-state index in [0.29, 0.717) is 0 Å². The minimum Gasteiger partial charge on any atom is -0.245 e. The SMILES string of the molecule is Fc1ccc(-n2nccc2-c2ccncn2)cc1.